The molecule has 20 heavy (non-hydrogen) atoms. The highest BCUT2D eigenvalue weighted by Gasteiger charge is 2.36. The van der Waals surface area contributed by atoms with Gasteiger partial charge in [-0.1, -0.05) is 13.8 Å². The van der Waals surface area contributed by atoms with Crippen LogP contribution in [-0.2, 0) is 9.59 Å². The third-order valence-corrected chi connectivity index (χ3v) is 4.05. The quantitative estimate of drug-likeness (QED) is 0.808. The highest BCUT2D eigenvalue weighted by molar-refractivity contribution is 5.85. The second-order valence-corrected chi connectivity index (χ2v) is 6.40. The van der Waals surface area contributed by atoms with E-state index >= 15 is 0 Å². The van der Waals surface area contributed by atoms with E-state index in [9.17, 15) is 9.59 Å². The van der Waals surface area contributed by atoms with Gasteiger partial charge in [0, 0.05) is 18.6 Å². The van der Waals surface area contributed by atoms with Crippen LogP contribution in [-0.4, -0.2) is 58.0 Å². The van der Waals surface area contributed by atoms with Crippen molar-refractivity contribution in [3.05, 3.63) is 0 Å². The van der Waals surface area contributed by atoms with Gasteiger partial charge in [0.2, 0.25) is 5.91 Å². The van der Waals surface area contributed by atoms with Gasteiger partial charge in [-0.25, -0.2) is 0 Å². The Kier molecular flexibility index (Phi) is 5.99. The number of carboxylic acid groups (broad SMARTS) is 1. The molecule has 0 radical (unpaired) electrons. The maximum absolute atomic E-state index is 12.6. The first kappa shape index (κ1) is 17.0. The molecule has 1 amide bonds. The summed E-state index contributed by atoms with van der Waals surface area (Å²) in [6, 6.07) is 0.518. The highest BCUT2D eigenvalue weighted by Crippen LogP contribution is 2.26. The normalized spacial score (nSPS) is 24.9. The van der Waals surface area contributed by atoms with Crippen molar-refractivity contribution in [3.8, 4) is 0 Å². The lowest BCUT2D eigenvalue weighted by atomic mass is 10.1. The molecule has 0 aliphatic carbocycles. The molecule has 1 aliphatic rings. The zero-order valence-corrected chi connectivity index (χ0v) is 13.3. The molecule has 1 aliphatic heterocycles. The van der Waals surface area contributed by atoms with Crippen molar-refractivity contribution in [1.82, 2.24) is 9.80 Å². The maximum Gasteiger partial charge on any atom is 0.323 e. The molecule has 1 fully saturated rings. The second kappa shape index (κ2) is 7.07. The van der Waals surface area contributed by atoms with Crippen LogP contribution in [0.4, 0.5) is 0 Å². The number of carboxylic acids is 1. The number of hydrogen-bond acceptors (Lipinski definition) is 3. The van der Waals surface area contributed by atoms with E-state index < -0.39 is 5.97 Å². The minimum atomic E-state index is -0.950. The molecule has 1 saturated heterocycles. The largest absolute Gasteiger partial charge is 0.480 e. The average molecular weight is 284 g/mol. The molecule has 5 nitrogen and oxygen atoms in total. The van der Waals surface area contributed by atoms with E-state index in [-0.39, 0.29) is 24.4 Å². The molecule has 0 aromatic rings. The van der Waals surface area contributed by atoms with Crippen molar-refractivity contribution in [2.24, 2.45) is 5.92 Å². The summed E-state index contributed by atoms with van der Waals surface area (Å²) < 4.78 is 0. The Labute approximate surface area is 121 Å². The van der Waals surface area contributed by atoms with Crippen molar-refractivity contribution >= 4 is 11.9 Å². The zero-order valence-electron chi connectivity index (χ0n) is 13.3. The van der Waals surface area contributed by atoms with Gasteiger partial charge in [0.1, 0.15) is 6.54 Å². The van der Waals surface area contributed by atoms with Gasteiger partial charge in [-0.3, -0.25) is 14.5 Å². The van der Waals surface area contributed by atoms with Gasteiger partial charge in [-0.05, 0) is 39.5 Å². The lowest BCUT2D eigenvalue weighted by Gasteiger charge is -2.35. The predicted octanol–water partition coefficient (Wildman–Crippen LogP) is 1.82. The van der Waals surface area contributed by atoms with Crippen LogP contribution in [0.2, 0.25) is 0 Å². The number of likely N-dealkylation sites (tertiary alicyclic amines) is 1. The molecule has 3 unspecified atom stereocenters. The number of hydrogen-bond donors (Lipinski definition) is 1. The standard InChI is InChI=1S/C15H28N2O3/c1-10(2)8-16(9-14(18)19)15(20)13(5)17-11(3)6-7-12(17)4/h10-13H,6-9H2,1-5H3,(H,18,19). The minimum Gasteiger partial charge on any atom is -0.480 e. The Morgan fingerprint density at radius 2 is 1.70 bits per heavy atom. The van der Waals surface area contributed by atoms with Crippen molar-refractivity contribution in [1.29, 1.82) is 0 Å². The number of carbonyl (C=O) groups is 2. The van der Waals surface area contributed by atoms with E-state index in [0.29, 0.717) is 18.6 Å². The third kappa shape index (κ3) is 4.20. The van der Waals surface area contributed by atoms with Crippen molar-refractivity contribution in [2.45, 2.75) is 65.6 Å². The summed E-state index contributed by atoms with van der Waals surface area (Å²) in [6.07, 6.45) is 2.20. The first-order valence-corrected chi connectivity index (χ1v) is 7.52. The number of aliphatic carboxylic acids is 1. The van der Waals surface area contributed by atoms with Gasteiger partial charge in [0.05, 0.1) is 6.04 Å². The Balaban J connectivity index is 2.79. The Hall–Kier alpha value is -1.10. The Morgan fingerprint density at radius 1 is 1.20 bits per heavy atom. The monoisotopic (exact) mass is 284 g/mol. The first-order valence-electron chi connectivity index (χ1n) is 7.52. The summed E-state index contributed by atoms with van der Waals surface area (Å²) in [5.74, 6) is -0.755. The number of nitrogens with zero attached hydrogens (tertiary/aromatic N) is 2. The maximum atomic E-state index is 12.6. The fourth-order valence-electron chi connectivity index (χ4n) is 3.21. The molecule has 0 aromatic heterocycles. The average Bonchev–Trinajstić information content (AvgIpc) is 2.65. The zero-order chi connectivity index (χ0) is 15.4. The van der Waals surface area contributed by atoms with E-state index in [1.165, 1.54) is 4.90 Å². The molecule has 116 valence electrons. The Morgan fingerprint density at radius 3 is 2.10 bits per heavy atom. The Bertz CT molecular complexity index is 347. The van der Waals surface area contributed by atoms with E-state index in [1.54, 1.807) is 0 Å². The van der Waals surface area contributed by atoms with Crippen LogP contribution in [0.1, 0.15) is 47.5 Å². The molecular formula is C15H28N2O3. The minimum absolute atomic E-state index is 0.0679. The van der Waals surface area contributed by atoms with Gasteiger partial charge in [0.15, 0.2) is 0 Å². The molecule has 3 atom stereocenters. The fourth-order valence-corrected chi connectivity index (χ4v) is 3.21. The van der Waals surface area contributed by atoms with Gasteiger partial charge in [-0.15, -0.1) is 0 Å². The van der Waals surface area contributed by atoms with Crippen LogP contribution in [0.25, 0.3) is 0 Å². The highest BCUT2D eigenvalue weighted by atomic mass is 16.4. The van der Waals surface area contributed by atoms with Crippen LogP contribution >= 0.6 is 0 Å². The van der Waals surface area contributed by atoms with Crippen molar-refractivity contribution < 1.29 is 14.7 Å². The molecule has 1 heterocycles. The number of rotatable bonds is 6. The molecule has 0 saturated carbocycles. The van der Waals surface area contributed by atoms with Crippen LogP contribution in [0.3, 0.4) is 0 Å². The lowest BCUT2D eigenvalue weighted by Crippen LogP contribution is -2.52. The van der Waals surface area contributed by atoms with Gasteiger partial charge in [-0.2, -0.15) is 0 Å². The molecule has 0 spiro atoms. The molecular weight excluding hydrogens is 256 g/mol. The topological polar surface area (TPSA) is 60.9 Å². The summed E-state index contributed by atoms with van der Waals surface area (Å²) in [6.45, 7) is 10.4. The van der Waals surface area contributed by atoms with Crippen LogP contribution < -0.4 is 0 Å². The van der Waals surface area contributed by atoms with Crippen LogP contribution in [0.15, 0.2) is 0 Å². The van der Waals surface area contributed by atoms with E-state index in [1.807, 2.05) is 20.8 Å². The van der Waals surface area contributed by atoms with Gasteiger partial charge >= 0.3 is 5.97 Å². The molecule has 1 rings (SSSR count). The van der Waals surface area contributed by atoms with Gasteiger partial charge < -0.3 is 10.0 Å². The lowest BCUT2D eigenvalue weighted by molar-refractivity contribution is -0.147. The summed E-state index contributed by atoms with van der Waals surface area (Å²) in [5.41, 5.74) is 0. The summed E-state index contributed by atoms with van der Waals surface area (Å²) in [4.78, 5) is 27.3. The number of amides is 1. The summed E-state index contributed by atoms with van der Waals surface area (Å²) >= 11 is 0. The van der Waals surface area contributed by atoms with Gasteiger partial charge in [0.25, 0.3) is 0 Å². The van der Waals surface area contributed by atoms with Crippen molar-refractivity contribution in [2.75, 3.05) is 13.1 Å². The summed E-state index contributed by atoms with van der Waals surface area (Å²) in [7, 11) is 0. The fraction of sp³-hybridized carbons (Fsp3) is 0.867. The predicted molar refractivity (Wildman–Crippen MR) is 78.5 cm³/mol. The first-order chi connectivity index (χ1) is 9.23. The molecule has 0 bridgehead atoms. The van der Waals surface area contributed by atoms with E-state index in [4.69, 9.17) is 5.11 Å². The number of carbonyl (C=O) groups excluding carboxylic acids is 1. The van der Waals surface area contributed by atoms with Crippen LogP contribution in [0, 0.1) is 5.92 Å². The van der Waals surface area contributed by atoms with E-state index in [2.05, 4.69) is 18.7 Å². The molecule has 5 heteroatoms. The van der Waals surface area contributed by atoms with Crippen molar-refractivity contribution in [3.63, 3.8) is 0 Å². The molecule has 0 aromatic carbocycles. The smallest absolute Gasteiger partial charge is 0.323 e. The molecule has 1 N–H and O–H groups in total. The third-order valence-electron chi connectivity index (χ3n) is 4.05. The second-order valence-electron chi connectivity index (χ2n) is 6.40. The summed E-state index contributed by atoms with van der Waals surface area (Å²) in [5, 5.41) is 8.99. The van der Waals surface area contributed by atoms with E-state index in [0.717, 1.165) is 12.8 Å². The van der Waals surface area contributed by atoms with Crippen LogP contribution in [0.5, 0.6) is 0 Å². The SMILES string of the molecule is CC(C)CN(CC(=O)O)C(=O)C(C)N1C(C)CCC1C.